The zero-order chi connectivity index (χ0) is 18.7. The first kappa shape index (κ1) is 19.0. The summed E-state index contributed by atoms with van der Waals surface area (Å²) in [6.45, 7) is 7.10. The Balaban J connectivity index is 1.44. The highest BCUT2D eigenvalue weighted by Gasteiger charge is 2.53. The van der Waals surface area contributed by atoms with Crippen molar-refractivity contribution in [2.75, 3.05) is 26.2 Å². The monoisotopic (exact) mass is 361 g/mol. The summed E-state index contributed by atoms with van der Waals surface area (Å²) in [5.41, 5.74) is 0.497. The second kappa shape index (κ2) is 7.82. The Bertz CT molecular complexity index is 646. The molecule has 3 heterocycles. The van der Waals surface area contributed by atoms with Crippen molar-refractivity contribution in [3.8, 4) is 0 Å². The minimum absolute atomic E-state index is 0.0374. The Kier molecular flexibility index (Phi) is 5.70. The predicted octanol–water partition coefficient (Wildman–Crippen LogP) is 2.20. The third-order valence-corrected chi connectivity index (χ3v) is 5.76. The van der Waals surface area contributed by atoms with Crippen molar-refractivity contribution < 1.29 is 14.3 Å². The summed E-state index contributed by atoms with van der Waals surface area (Å²) in [6, 6.07) is 3.69. The Hall–Kier alpha value is -1.82. The molecule has 0 saturated carbocycles. The summed E-state index contributed by atoms with van der Waals surface area (Å²) in [4.78, 5) is 26.4. The molecule has 1 spiro atoms. The minimum atomic E-state index is -0.177. The average Bonchev–Trinajstić information content (AvgIpc) is 3.17. The molecule has 26 heavy (non-hydrogen) atoms. The van der Waals surface area contributed by atoms with Gasteiger partial charge < -0.3 is 19.5 Å². The molecule has 144 valence electrons. The van der Waals surface area contributed by atoms with Crippen LogP contribution in [0.5, 0.6) is 0 Å². The number of amides is 2. The van der Waals surface area contributed by atoms with E-state index in [9.17, 15) is 9.59 Å². The van der Waals surface area contributed by atoms with Crippen molar-refractivity contribution in [1.29, 1.82) is 0 Å². The maximum absolute atomic E-state index is 12.3. The van der Waals surface area contributed by atoms with Gasteiger partial charge in [0.2, 0.25) is 5.91 Å². The number of hydrogen-bond donors (Lipinski definition) is 1. The summed E-state index contributed by atoms with van der Waals surface area (Å²) in [6.07, 6.45) is 5.34. The number of likely N-dealkylation sites (tertiary alicyclic amines) is 1. The second-order valence-corrected chi connectivity index (χ2v) is 8.13. The Morgan fingerprint density at radius 1 is 1.38 bits per heavy atom. The van der Waals surface area contributed by atoms with E-state index in [1.807, 2.05) is 34.8 Å². The van der Waals surface area contributed by atoms with Crippen LogP contribution >= 0.6 is 0 Å². The topological polar surface area (TPSA) is 63.6 Å². The highest BCUT2D eigenvalue weighted by molar-refractivity contribution is 5.92. The number of ether oxygens (including phenoxy) is 1. The Morgan fingerprint density at radius 2 is 2.15 bits per heavy atom. The first-order valence-corrected chi connectivity index (χ1v) is 9.72. The van der Waals surface area contributed by atoms with E-state index in [1.54, 1.807) is 0 Å². The zero-order valence-corrected chi connectivity index (χ0v) is 16.2. The van der Waals surface area contributed by atoms with Crippen LogP contribution in [0.4, 0.5) is 0 Å². The van der Waals surface area contributed by atoms with Crippen molar-refractivity contribution in [2.45, 2.75) is 45.1 Å². The molecule has 0 aromatic carbocycles. The Labute approximate surface area is 155 Å². The summed E-state index contributed by atoms with van der Waals surface area (Å²) >= 11 is 0. The maximum atomic E-state index is 12.3. The molecular formula is C20H31N3O3. The van der Waals surface area contributed by atoms with E-state index in [-0.39, 0.29) is 17.4 Å². The molecule has 2 aliphatic heterocycles. The van der Waals surface area contributed by atoms with Crippen molar-refractivity contribution >= 4 is 11.8 Å². The number of aromatic nitrogens is 1. The standard InChI is InChI=1S/C20H31N3O3/c1-15(2)6-7-18(24)23-13-20(14-23)16(9-12-26-20)8-10-21-19(25)17-5-4-11-22(17)3/h4-5,11,15-16H,6-10,12-14H2,1-3H3,(H,21,25)/t16-/m1/s1. The van der Waals surface area contributed by atoms with Gasteiger partial charge >= 0.3 is 0 Å². The number of aryl methyl sites for hydroxylation is 1. The SMILES string of the molecule is CC(C)CCC(=O)N1CC2(C1)OCC[C@H]2CCNC(=O)c1cccn1C. The lowest BCUT2D eigenvalue weighted by molar-refractivity contribution is -0.165. The average molecular weight is 361 g/mol. The highest BCUT2D eigenvalue weighted by atomic mass is 16.5. The predicted molar refractivity (Wildman–Crippen MR) is 99.8 cm³/mol. The summed E-state index contributed by atoms with van der Waals surface area (Å²) in [7, 11) is 1.87. The van der Waals surface area contributed by atoms with Gasteiger partial charge in [-0.15, -0.1) is 0 Å². The number of carbonyl (C=O) groups excluding carboxylic acids is 2. The fourth-order valence-corrected chi connectivity index (χ4v) is 4.04. The van der Waals surface area contributed by atoms with E-state index >= 15 is 0 Å². The van der Waals surface area contributed by atoms with Crippen LogP contribution in [0.3, 0.4) is 0 Å². The molecule has 2 fully saturated rings. The van der Waals surface area contributed by atoms with Gasteiger partial charge in [-0.1, -0.05) is 13.8 Å². The van der Waals surface area contributed by atoms with Crippen LogP contribution in [0.2, 0.25) is 0 Å². The van der Waals surface area contributed by atoms with Crippen LogP contribution in [-0.2, 0) is 16.6 Å². The third kappa shape index (κ3) is 3.95. The van der Waals surface area contributed by atoms with Gasteiger partial charge in [0.1, 0.15) is 11.3 Å². The zero-order valence-electron chi connectivity index (χ0n) is 16.2. The first-order valence-electron chi connectivity index (χ1n) is 9.72. The minimum Gasteiger partial charge on any atom is -0.371 e. The fourth-order valence-electron chi connectivity index (χ4n) is 4.04. The quantitative estimate of drug-likeness (QED) is 0.810. The summed E-state index contributed by atoms with van der Waals surface area (Å²) in [5, 5.41) is 3.01. The lowest BCUT2D eigenvalue weighted by Crippen LogP contribution is -2.66. The number of rotatable bonds is 7. The molecule has 1 N–H and O–H groups in total. The molecule has 6 heteroatoms. The smallest absolute Gasteiger partial charge is 0.267 e. The summed E-state index contributed by atoms with van der Waals surface area (Å²) in [5.74, 6) is 1.17. The third-order valence-electron chi connectivity index (χ3n) is 5.76. The van der Waals surface area contributed by atoms with Crippen LogP contribution in [0.25, 0.3) is 0 Å². The molecule has 1 aromatic heterocycles. The molecule has 1 aromatic rings. The molecule has 0 unspecified atom stereocenters. The van der Waals surface area contributed by atoms with Crippen molar-refractivity contribution in [2.24, 2.45) is 18.9 Å². The number of hydrogen-bond acceptors (Lipinski definition) is 3. The summed E-state index contributed by atoms with van der Waals surface area (Å²) < 4.78 is 7.85. The van der Waals surface area contributed by atoms with Gasteiger partial charge in [0.05, 0.1) is 13.1 Å². The van der Waals surface area contributed by atoms with E-state index < -0.39 is 0 Å². The van der Waals surface area contributed by atoms with Crippen LogP contribution in [0.15, 0.2) is 18.3 Å². The number of nitrogens with one attached hydrogen (secondary N) is 1. The van der Waals surface area contributed by atoms with Crippen molar-refractivity contribution in [3.63, 3.8) is 0 Å². The van der Waals surface area contributed by atoms with E-state index in [2.05, 4.69) is 19.2 Å². The van der Waals surface area contributed by atoms with Crippen molar-refractivity contribution in [3.05, 3.63) is 24.0 Å². The molecule has 1 atom stereocenters. The van der Waals surface area contributed by atoms with E-state index in [4.69, 9.17) is 4.74 Å². The Morgan fingerprint density at radius 3 is 2.81 bits per heavy atom. The molecule has 2 amide bonds. The normalized spacial score (nSPS) is 21.2. The maximum Gasteiger partial charge on any atom is 0.267 e. The molecular weight excluding hydrogens is 330 g/mol. The van der Waals surface area contributed by atoms with E-state index in [0.29, 0.717) is 43.6 Å². The van der Waals surface area contributed by atoms with Gasteiger partial charge in [0, 0.05) is 32.8 Å². The van der Waals surface area contributed by atoms with E-state index in [1.165, 1.54) is 0 Å². The van der Waals surface area contributed by atoms with Gasteiger partial charge in [-0.05, 0) is 43.2 Å². The highest BCUT2D eigenvalue weighted by Crippen LogP contribution is 2.41. The molecule has 3 rings (SSSR count). The van der Waals surface area contributed by atoms with Crippen LogP contribution < -0.4 is 5.32 Å². The number of carbonyl (C=O) groups is 2. The lowest BCUT2D eigenvalue weighted by atomic mass is 9.78. The molecule has 6 nitrogen and oxygen atoms in total. The molecule has 0 radical (unpaired) electrons. The lowest BCUT2D eigenvalue weighted by Gasteiger charge is -2.50. The van der Waals surface area contributed by atoms with Crippen LogP contribution in [-0.4, -0.2) is 53.1 Å². The first-order chi connectivity index (χ1) is 12.4. The molecule has 2 aliphatic rings. The van der Waals surface area contributed by atoms with Crippen molar-refractivity contribution in [1.82, 2.24) is 14.8 Å². The molecule has 2 saturated heterocycles. The second-order valence-electron chi connectivity index (χ2n) is 8.13. The fraction of sp³-hybridized carbons (Fsp3) is 0.700. The van der Waals surface area contributed by atoms with Gasteiger partial charge in [-0.2, -0.15) is 0 Å². The van der Waals surface area contributed by atoms with E-state index in [0.717, 1.165) is 25.9 Å². The van der Waals surface area contributed by atoms with Gasteiger partial charge in [-0.3, -0.25) is 9.59 Å². The largest absolute Gasteiger partial charge is 0.371 e. The molecule has 0 aliphatic carbocycles. The van der Waals surface area contributed by atoms with Gasteiger partial charge in [0.15, 0.2) is 0 Å². The van der Waals surface area contributed by atoms with Gasteiger partial charge in [0.25, 0.3) is 5.91 Å². The number of nitrogens with zero attached hydrogens (tertiary/aromatic N) is 2. The van der Waals surface area contributed by atoms with Crippen LogP contribution in [0, 0.1) is 11.8 Å². The van der Waals surface area contributed by atoms with Crippen LogP contribution in [0.1, 0.15) is 50.0 Å². The molecule has 0 bridgehead atoms. The van der Waals surface area contributed by atoms with Gasteiger partial charge in [-0.25, -0.2) is 0 Å².